The van der Waals surface area contributed by atoms with Crippen LogP contribution in [0, 0.1) is 11.3 Å². The summed E-state index contributed by atoms with van der Waals surface area (Å²) in [6.07, 6.45) is 5.16. The molecule has 0 bridgehead atoms. The molecule has 0 spiro atoms. The third-order valence-corrected chi connectivity index (χ3v) is 2.69. The monoisotopic (exact) mass is 235 g/mol. The first-order chi connectivity index (χ1) is 8.79. The Kier molecular flexibility index (Phi) is 2.21. The highest BCUT2D eigenvalue weighted by atomic mass is 15.0. The number of nitrogens with zero attached hydrogens (tertiary/aromatic N) is 4. The Morgan fingerprint density at radius 3 is 2.89 bits per heavy atom. The van der Waals surface area contributed by atoms with E-state index in [1.807, 2.05) is 16.5 Å². The highest BCUT2D eigenvalue weighted by Gasteiger charge is 2.12. The molecule has 0 aliphatic rings. The minimum absolute atomic E-state index is 0.383. The number of hydrogen-bond donors (Lipinski definition) is 1. The second kappa shape index (κ2) is 3.86. The number of hydrogen-bond acceptors (Lipinski definition) is 4. The van der Waals surface area contributed by atoms with Crippen LogP contribution in [0.1, 0.15) is 5.69 Å². The van der Waals surface area contributed by atoms with Crippen LogP contribution in [0.25, 0.3) is 16.9 Å². The summed E-state index contributed by atoms with van der Waals surface area (Å²) in [6.45, 7) is 0. The molecule has 3 rings (SSSR count). The molecule has 0 fully saturated rings. The Morgan fingerprint density at radius 2 is 2.17 bits per heavy atom. The van der Waals surface area contributed by atoms with Crippen molar-refractivity contribution >= 4 is 11.2 Å². The number of nitrogens with two attached hydrogens (primary N) is 1. The van der Waals surface area contributed by atoms with E-state index in [4.69, 9.17) is 11.0 Å². The van der Waals surface area contributed by atoms with Crippen LogP contribution in [0.15, 0.2) is 42.9 Å². The number of pyridine rings is 2. The van der Waals surface area contributed by atoms with Crippen molar-refractivity contribution in [3.63, 3.8) is 0 Å². The molecule has 0 atom stereocenters. The van der Waals surface area contributed by atoms with Gasteiger partial charge in [-0.3, -0.25) is 9.38 Å². The number of rotatable bonds is 1. The van der Waals surface area contributed by atoms with Crippen LogP contribution in [0.4, 0.5) is 5.69 Å². The second-order valence-corrected chi connectivity index (χ2v) is 3.86. The first kappa shape index (κ1) is 10.3. The minimum atomic E-state index is 0.383. The predicted octanol–water partition coefficient (Wildman–Crippen LogP) is 1.85. The summed E-state index contributed by atoms with van der Waals surface area (Å²) >= 11 is 0. The van der Waals surface area contributed by atoms with E-state index in [1.54, 1.807) is 30.7 Å². The molecule has 0 radical (unpaired) electrons. The van der Waals surface area contributed by atoms with Crippen molar-refractivity contribution in [3.8, 4) is 17.5 Å². The van der Waals surface area contributed by atoms with Crippen molar-refractivity contribution in [2.24, 2.45) is 0 Å². The molecule has 0 unspecified atom stereocenters. The molecule has 18 heavy (non-hydrogen) atoms. The Bertz CT molecular complexity index is 752. The van der Waals surface area contributed by atoms with Gasteiger partial charge in [0.1, 0.15) is 11.9 Å². The van der Waals surface area contributed by atoms with Gasteiger partial charge in [0.05, 0.1) is 5.52 Å². The van der Waals surface area contributed by atoms with Crippen molar-refractivity contribution in [2.75, 3.05) is 5.73 Å². The number of anilines is 1. The van der Waals surface area contributed by atoms with Crippen LogP contribution in [0.5, 0.6) is 0 Å². The molecule has 3 aromatic heterocycles. The van der Waals surface area contributed by atoms with Crippen LogP contribution >= 0.6 is 0 Å². The standard InChI is InChI=1S/C13H9N5/c14-6-11-12-4-3-10(15)8-18(12)13(17-11)9-2-1-5-16-7-9/h1-5,7-8H,15H2. The predicted molar refractivity (Wildman–Crippen MR) is 67.6 cm³/mol. The average molecular weight is 235 g/mol. The largest absolute Gasteiger partial charge is 0.398 e. The number of aromatic nitrogens is 3. The molecule has 0 aliphatic carbocycles. The van der Waals surface area contributed by atoms with Crippen molar-refractivity contribution < 1.29 is 0 Å². The van der Waals surface area contributed by atoms with E-state index in [1.165, 1.54) is 0 Å². The molecule has 0 saturated carbocycles. The molecule has 0 aromatic carbocycles. The summed E-state index contributed by atoms with van der Waals surface area (Å²) in [6, 6.07) is 9.36. The molecule has 86 valence electrons. The first-order valence-corrected chi connectivity index (χ1v) is 5.37. The van der Waals surface area contributed by atoms with Gasteiger partial charge in [-0.1, -0.05) is 0 Å². The maximum Gasteiger partial charge on any atom is 0.166 e. The van der Waals surface area contributed by atoms with Crippen molar-refractivity contribution in [3.05, 3.63) is 48.5 Å². The van der Waals surface area contributed by atoms with Gasteiger partial charge in [0, 0.05) is 29.8 Å². The number of imidazole rings is 1. The maximum atomic E-state index is 9.09. The van der Waals surface area contributed by atoms with Gasteiger partial charge >= 0.3 is 0 Å². The molecule has 3 aromatic rings. The van der Waals surface area contributed by atoms with Crippen LogP contribution in [-0.4, -0.2) is 14.4 Å². The van der Waals surface area contributed by atoms with Crippen LogP contribution in [0.2, 0.25) is 0 Å². The third kappa shape index (κ3) is 1.48. The SMILES string of the molecule is N#Cc1nc(-c2cccnc2)n2cc(N)ccc12. The number of nitriles is 1. The summed E-state index contributed by atoms with van der Waals surface area (Å²) in [5.74, 6) is 0.668. The molecular weight excluding hydrogens is 226 g/mol. The van der Waals surface area contributed by atoms with Crippen LogP contribution < -0.4 is 5.73 Å². The summed E-state index contributed by atoms with van der Waals surface area (Å²) < 4.78 is 1.81. The van der Waals surface area contributed by atoms with E-state index >= 15 is 0 Å². The van der Waals surface area contributed by atoms with Gasteiger partial charge < -0.3 is 5.73 Å². The lowest BCUT2D eigenvalue weighted by Gasteiger charge is -2.01. The minimum Gasteiger partial charge on any atom is -0.398 e. The highest BCUT2D eigenvalue weighted by molar-refractivity contribution is 5.69. The molecule has 3 heterocycles. The molecule has 0 amide bonds. The summed E-state index contributed by atoms with van der Waals surface area (Å²) in [4.78, 5) is 8.38. The zero-order valence-corrected chi connectivity index (χ0v) is 9.41. The summed E-state index contributed by atoms with van der Waals surface area (Å²) in [7, 11) is 0. The van der Waals surface area contributed by atoms with Crippen LogP contribution in [0.3, 0.4) is 0 Å². The van der Waals surface area contributed by atoms with Gasteiger partial charge in [-0.2, -0.15) is 5.26 Å². The van der Waals surface area contributed by atoms with Gasteiger partial charge in [-0.15, -0.1) is 0 Å². The zero-order valence-electron chi connectivity index (χ0n) is 9.41. The fourth-order valence-corrected chi connectivity index (χ4v) is 1.88. The van der Waals surface area contributed by atoms with E-state index in [0.717, 1.165) is 11.1 Å². The molecule has 5 nitrogen and oxygen atoms in total. The van der Waals surface area contributed by atoms with Gasteiger partial charge in [0.15, 0.2) is 5.69 Å². The van der Waals surface area contributed by atoms with Crippen LogP contribution in [-0.2, 0) is 0 Å². The molecule has 0 aliphatic heterocycles. The van der Waals surface area contributed by atoms with Crippen molar-refractivity contribution in [1.82, 2.24) is 14.4 Å². The summed E-state index contributed by atoms with van der Waals surface area (Å²) in [5.41, 5.74) is 8.37. The average Bonchev–Trinajstić information content (AvgIpc) is 2.77. The maximum absolute atomic E-state index is 9.09. The van der Waals surface area contributed by atoms with Crippen molar-refractivity contribution in [1.29, 1.82) is 5.26 Å². The number of fused-ring (bicyclic) bond motifs is 1. The van der Waals surface area contributed by atoms with E-state index in [0.29, 0.717) is 17.2 Å². The molecule has 0 saturated heterocycles. The molecule has 2 N–H and O–H groups in total. The number of nitrogen functional groups attached to an aromatic ring is 1. The van der Waals surface area contributed by atoms with Gasteiger partial charge in [0.2, 0.25) is 0 Å². The molecular formula is C13H9N5. The van der Waals surface area contributed by atoms with Gasteiger partial charge in [-0.05, 0) is 24.3 Å². The molecule has 5 heteroatoms. The second-order valence-electron chi connectivity index (χ2n) is 3.86. The fraction of sp³-hybridized carbons (Fsp3) is 0. The van der Waals surface area contributed by atoms with E-state index < -0.39 is 0 Å². The highest BCUT2D eigenvalue weighted by Crippen LogP contribution is 2.22. The Labute approximate surface area is 103 Å². The lowest BCUT2D eigenvalue weighted by Crippen LogP contribution is -1.93. The fourth-order valence-electron chi connectivity index (χ4n) is 1.88. The third-order valence-electron chi connectivity index (χ3n) is 2.69. The summed E-state index contributed by atoms with van der Waals surface area (Å²) in [5, 5.41) is 9.09. The van der Waals surface area contributed by atoms with Gasteiger partial charge in [0.25, 0.3) is 0 Å². The first-order valence-electron chi connectivity index (χ1n) is 5.37. The van der Waals surface area contributed by atoms with E-state index in [9.17, 15) is 0 Å². The zero-order chi connectivity index (χ0) is 12.5. The quantitative estimate of drug-likeness (QED) is 0.698. The Balaban J connectivity index is 2.37. The smallest absolute Gasteiger partial charge is 0.166 e. The Hall–Kier alpha value is -2.87. The lowest BCUT2D eigenvalue weighted by molar-refractivity contribution is 1.15. The topological polar surface area (TPSA) is 80.0 Å². The van der Waals surface area contributed by atoms with Gasteiger partial charge in [-0.25, -0.2) is 4.98 Å². The van der Waals surface area contributed by atoms with Crippen molar-refractivity contribution in [2.45, 2.75) is 0 Å². The lowest BCUT2D eigenvalue weighted by atomic mass is 10.2. The Morgan fingerprint density at radius 1 is 1.28 bits per heavy atom. The normalized spacial score (nSPS) is 10.4. The van der Waals surface area contributed by atoms with E-state index in [2.05, 4.69) is 16.0 Å². The van der Waals surface area contributed by atoms with E-state index in [-0.39, 0.29) is 0 Å².